The summed E-state index contributed by atoms with van der Waals surface area (Å²) < 4.78 is 7.32. The molecule has 0 radical (unpaired) electrons. The predicted octanol–water partition coefficient (Wildman–Crippen LogP) is 4.42. The van der Waals surface area contributed by atoms with Crippen LogP contribution in [0.15, 0.2) is 97.6 Å². The first kappa shape index (κ1) is 27.3. The van der Waals surface area contributed by atoms with Crippen molar-refractivity contribution in [2.45, 2.75) is 25.6 Å². The standard InChI is InChI=1S/C31H31N7O3/c1-37(2)28-27-29(33-20-32-28)38(21-34-27)18-24-14-9-15-25(16-24)35-30(39)26(17-22-10-5-3-6-11-22)36-31(40)41-19-23-12-7-4-8-13-23/h3-16,20-21,26H,17-19H2,1-2H3,(H,35,39)(H,36,40). The lowest BCUT2D eigenvalue weighted by Crippen LogP contribution is -2.45. The molecule has 0 saturated carbocycles. The molecule has 0 bridgehead atoms. The van der Waals surface area contributed by atoms with E-state index in [-0.39, 0.29) is 12.5 Å². The minimum Gasteiger partial charge on any atom is -0.445 e. The van der Waals surface area contributed by atoms with Crippen molar-refractivity contribution in [1.29, 1.82) is 0 Å². The second-order valence-corrected chi connectivity index (χ2v) is 9.77. The monoisotopic (exact) mass is 549 g/mol. The minimum atomic E-state index is -0.844. The fraction of sp³-hybridized carbons (Fsp3) is 0.194. The van der Waals surface area contributed by atoms with Gasteiger partial charge in [0.2, 0.25) is 5.91 Å². The van der Waals surface area contributed by atoms with Crippen LogP contribution >= 0.6 is 0 Å². The molecular formula is C31H31N7O3. The van der Waals surface area contributed by atoms with Crippen molar-refractivity contribution in [3.05, 3.63) is 114 Å². The molecule has 1 unspecified atom stereocenters. The number of fused-ring (bicyclic) bond motifs is 1. The van der Waals surface area contributed by atoms with E-state index in [0.29, 0.717) is 18.7 Å². The number of nitrogens with zero attached hydrogens (tertiary/aromatic N) is 5. The normalized spacial score (nSPS) is 11.6. The van der Waals surface area contributed by atoms with Gasteiger partial charge in [0, 0.05) is 26.2 Å². The highest BCUT2D eigenvalue weighted by Crippen LogP contribution is 2.21. The Labute approximate surface area is 238 Å². The molecule has 0 saturated heterocycles. The summed E-state index contributed by atoms with van der Waals surface area (Å²) in [7, 11) is 3.83. The van der Waals surface area contributed by atoms with Crippen molar-refractivity contribution < 1.29 is 14.3 Å². The quantitative estimate of drug-likeness (QED) is 0.265. The van der Waals surface area contributed by atoms with Gasteiger partial charge >= 0.3 is 6.09 Å². The van der Waals surface area contributed by atoms with Crippen LogP contribution < -0.4 is 15.5 Å². The molecule has 41 heavy (non-hydrogen) atoms. The molecule has 0 aliphatic carbocycles. The van der Waals surface area contributed by atoms with Crippen molar-refractivity contribution in [3.8, 4) is 0 Å². The molecule has 0 fully saturated rings. The van der Waals surface area contributed by atoms with Gasteiger partial charge in [-0.1, -0.05) is 72.8 Å². The summed E-state index contributed by atoms with van der Waals surface area (Å²) in [5.74, 6) is 0.396. The van der Waals surface area contributed by atoms with Gasteiger partial charge in [0.1, 0.15) is 19.0 Å². The first-order valence-corrected chi connectivity index (χ1v) is 13.2. The second kappa shape index (κ2) is 12.7. The molecule has 2 N–H and O–H groups in total. The van der Waals surface area contributed by atoms with E-state index in [1.807, 2.05) is 108 Å². The van der Waals surface area contributed by atoms with E-state index in [2.05, 4.69) is 25.6 Å². The molecule has 0 spiro atoms. The highest BCUT2D eigenvalue weighted by Gasteiger charge is 2.22. The van der Waals surface area contributed by atoms with Gasteiger partial charge in [-0.3, -0.25) is 4.79 Å². The molecule has 2 heterocycles. The number of hydrogen-bond donors (Lipinski definition) is 2. The first-order valence-electron chi connectivity index (χ1n) is 13.2. The Balaban J connectivity index is 1.28. The number of rotatable bonds is 10. The van der Waals surface area contributed by atoms with Crippen LogP contribution in [0.25, 0.3) is 11.2 Å². The van der Waals surface area contributed by atoms with Crippen LogP contribution in [0.3, 0.4) is 0 Å². The summed E-state index contributed by atoms with van der Waals surface area (Å²) >= 11 is 0. The molecule has 5 rings (SSSR count). The molecule has 10 nitrogen and oxygen atoms in total. The smallest absolute Gasteiger partial charge is 0.408 e. The zero-order valence-electron chi connectivity index (χ0n) is 22.9. The van der Waals surface area contributed by atoms with Crippen LogP contribution in [-0.2, 0) is 29.1 Å². The van der Waals surface area contributed by atoms with Gasteiger partial charge in [0.05, 0.1) is 12.9 Å². The third kappa shape index (κ3) is 7.04. The highest BCUT2D eigenvalue weighted by atomic mass is 16.5. The van der Waals surface area contributed by atoms with Crippen LogP contribution in [-0.4, -0.2) is 51.7 Å². The van der Waals surface area contributed by atoms with E-state index < -0.39 is 12.1 Å². The number of ether oxygens (including phenoxy) is 1. The third-order valence-corrected chi connectivity index (χ3v) is 6.46. The molecule has 0 aliphatic heterocycles. The average Bonchev–Trinajstić information content (AvgIpc) is 3.39. The Morgan fingerprint density at radius 2 is 1.59 bits per heavy atom. The number of benzene rings is 3. The summed E-state index contributed by atoms with van der Waals surface area (Å²) in [6, 6.07) is 25.6. The number of hydrogen-bond acceptors (Lipinski definition) is 7. The molecule has 208 valence electrons. The number of nitrogens with one attached hydrogen (secondary N) is 2. The Hall–Kier alpha value is -5.25. The van der Waals surface area contributed by atoms with E-state index in [1.54, 1.807) is 6.33 Å². The maximum absolute atomic E-state index is 13.4. The van der Waals surface area contributed by atoms with E-state index in [4.69, 9.17) is 4.74 Å². The van der Waals surface area contributed by atoms with Crippen LogP contribution in [0.4, 0.5) is 16.3 Å². The highest BCUT2D eigenvalue weighted by molar-refractivity contribution is 5.96. The lowest BCUT2D eigenvalue weighted by Gasteiger charge is -2.19. The topological polar surface area (TPSA) is 114 Å². The van der Waals surface area contributed by atoms with Gasteiger partial charge in [-0.05, 0) is 28.8 Å². The number of alkyl carbamates (subject to hydrolysis) is 1. The maximum atomic E-state index is 13.4. The third-order valence-electron chi connectivity index (χ3n) is 6.46. The summed E-state index contributed by atoms with van der Waals surface area (Å²) in [4.78, 5) is 41.2. The SMILES string of the molecule is CN(C)c1ncnc2c1ncn2Cc1cccc(NC(=O)C(Cc2ccccc2)NC(=O)OCc2ccccc2)c1. The minimum absolute atomic E-state index is 0.109. The van der Waals surface area contributed by atoms with Crippen molar-refractivity contribution in [2.24, 2.45) is 0 Å². The number of aromatic nitrogens is 4. The number of imidazole rings is 1. The predicted molar refractivity (Wildman–Crippen MR) is 158 cm³/mol. The molecule has 5 aromatic rings. The number of amides is 2. The van der Waals surface area contributed by atoms with Crippen LogP contribution in [0, 0.1) is 0 Å². The molecule has 2 aromatic heterocycles. The van der Waals surface area contributed by atoms with Crippen molar-refractivity contribution in [3.63, 3.8) is 0 Å². The zero-order valence-corrected chi connectivity index (χ0v) is 22.9. The molecule has 2 amide bonds. The fourth-order valence-electron chi connectivity index (χ4n) is 4.45. The maximum Gasteiger partial charge on any atom is 0.408 e. The summed E-state index contributed by atoms with van der Waals surface area (Å²) in [6.07, 6.45) is 2.90. The largest absolute Gasteiger partial charge is 0.445 e. The lowest BCUT2D eigenvalue weighted by molar-refractivity contribution is -0.118. The Kier molecular flexibility index (Phi) is 8.49. The van der Waals surface area contributed by atoms with Gasteiger partial charge in [-0.15, -0.1) is 0 Å². The Bertz CT molecular complexity index is 1620. The summed E-state index contributed by atoms with van der Waals surface area (Å²) in [5.41, 5.74) is 4.77. The Morgan fingerprint density at radius 1 is 0.878 bits per heavy atom. The van der Waals surface area contributed by atoms with Gasteiger partial charge < -0.3 is 24.8 Å². The van der Waals surface area contributed by atoms with Crippen molar-refractivity contribution in [1.82, 2.24) is 24.8 Å². The Morgan fingerprint density at radius 3 is 2.32 bits per heavy atom. The first-order chi connectivity index (χ1) is 20.0. The lowest BCUT2D eigenvalue weighted by atomic mass is 10.1. The van der Waals surface area contributed by atoms with E-state index in [0.717, 1.165) is 33.7 Å². The summed E-state index contributed by atoms with van der Waals surface area (Å²) in [5, 5.41) is 5.69. The molecule has 1 atom stereocenters. The van der Waals surface area contributed by atoms with Crippen LogP contribution in [0.2, 0.25) is 0 Å². The van der Waals surface area contributed by atoms with Gasteiger partial charge in [0.15, 0.2) is 17.0 Å². The van der Waals surface area contributed by atoms with Gasteiger partial charge in [0.25, 0.3) is 0 Å². The molecule has 10 heteroatoms. The number of anilines is 2. The molecular weight excluding hydrogens is 518 g/mol. The van der Waals surface area contributed by atoms with E-state index in [1.165, 1.54) is 6.33 Å². The van der Waals surface area contributed by atoms with Gasteiger partial charge in [-0.2, -0.15) is 0 Å². The second-order valence-electron chi connectivity index (χ2n) is 9.77. The molecule has 3 aromatic carbocycles. The summed E-state index contributed by atoms with van der Waals surface area (Å²) in [6.45, 7) is 0.611. The van der Waals surface area contributed by atoms with Crippen molar-refractivity contribution >= 4 is 34.7 Å². The van der Waals surface area contributed by atoms with Gasteiger partial charge in [-0.25, -0.2) is 19.7 Å². The van der Waals surface area contributed by atoms with E-state index >= 15 is 0 Å². The van der Waals surface area contributed by atoms with Crippen LogP contribution in [0.5, 0.6) is 0 Å². The number of carbonyl (C=O) groups excluding carboxylic acids is 2. The fourth-order valence-corrected chi connectivity index (χ4v) is 4.45. The van der Waals surface area contributed by atoms with Crippen LogP contribution in [0.1, 0.15) is 16.7 Å². The molecule has 0 aliphatic rings. The average molecular weight is 550 g/mol. The zero-order chi connectivity index (χ0) is 28.6. The number of carbonyl (C=O) groups is 2. The van der Waals surface area contributed by atoms with E-state index in [9.17, 15) is 9.59 Å². The van der Waals surface area contributed by atoms with Crippen molar-refractivity contribution in [2.75, 3.05) is 24.3 Å².